The number of carbonyl (C=O) groups excluding carboxylic acids is 3. The lowest BCUT2D eigenvalue weighted by Gasteiger charge is -2.33. The van der Waals surface area contributed by atoms with E-state index in [1.54, 1.807) is 34.6 Å². The summed E-state index contributed by atoms with van der Waals surface area (Å²) in [5, 5.41) is 14.5. The molecule has 0 aliphatic rings. The zero-order valence-electron chi connectivity index (χ0n) is 19.9. The van der Waals surface area contributed by atoms with Crippen molar-refractivity contribution in [1.29, 1.82) is 0 Å². The number of hydroxylamine groups is 1. The van der Waals surface area contributed by atoms with Crippen LogP contribution in [0.1, 0.15) is 41.0 Å². The van der Waals surface area contributed by atoms with E-state index in [1.165, 1.54) is 18.6 Å². The summed E-state index contributed by atoms with van der Waals surface area (Å²) in [5.74, 6) is -3.77. The van der Waals surface area contributed by atoms with Gasteiger partial charge in [0.15, 0.2) is 0 Å². The van der Waals surface area contributed by atoms with Crippen molar-refractivity contribution >= 4 is 50.9 Å². The second-order valence-electron chi connectivity index (χ2n) is 9.34. The maximum atomic E-state index is 13.3. The fourth-order valence-corrected chi connectivity index (χ4v) is 5.24. The van der Waals surface area contributed by atoms with E-state index in [4.69, 9.17) is 23.2 Å². The second-order valence-corrected chi connectivity index (χ2v) is 11.9. The van der Waals surface area contributed by atoms with E-state index in [2.05, 4.69) is 15.4 Å². The molecule has 0 radical (unpaired) electrons. The van der Waals surface area contributed by atoms with Crippen LogP contribution in [0.2, 0.25) is 10.0 Å². The Labute approximate surface area is 210 Å². The zero-order valence-corrected chi connectivity index (χ0v) is 22.2. The van der Waals surface area contributed by atoms with Crippen LogP contribution in [0, 0.1) is 17.3 Å². The number of amides is 3. The minimum absolute atomic E-state index is 0.0473. The summed E-state index contributed by atoms with van der Waals surface area (Å²) in [6.07, 6.45) is 0.0628. The summed E-state index contributed by atoms with van der Waals surface area (Å²) in [5.41, 5.74) is 0.720. The van der Waals surface area contributed by atoms with Crippen LogP contribution >= 0.6 is 23.2 Å². The molecular weight excluding hydrogens is 507 g/mol. The van der Waals surface area contributed by atoms with Gasteiger partial charge in [0.05, 0.1) is 10.8 Å². The van der Waals surface area contributed by atoms with Crippen molar-refractivity contribution in [3.8, 4) is 0 Å². The van der Waals surface area contributed by atoms with E-state index in [0.717, 1.165) is 12.1 Å². The highest BCUT2D eigenvalue weighted by atomic mass is 35.5. The van der Waals surface area contributed by atoms with E-state index in [-0.39, 0.29) is 27.3 Å². The average Bonchev–Trinajstić information content (AvgIpc) is 2.71. The smallest absolute Gasteiger partial charge is 0.262 e. The molecule has 0 unspecified atom stereocenters. The van der Waals surface area contributed by atoms with Crippen LogP contribution < -0.4 is 20.8 Å². The van der Waals surface area contributed by atoms with Gasteiger partial charge in [-0.25, -0.2) is 13.9 Å². The molecule has 0 heterocycles. The molecule has 0 saturated heterocycles. The van der Waals surface area contributed by atoms with E-state index < -0.39 is 51.2 Å². The molecule has 10 nitrogen and oxygen atoms in total. The van der Waals surface area contributed by atoms with Gasteiger partial charge in [0.1, 0.15) is 12.1 Å². The average molecular weight is 539 g/mol. The molecule has 1 aromatic carbocycles. The molecule has 1 aromatic rings. The molecule has 0 saturated carbocycles. The lowest BCUT2D eigenvalue weighted by Crippen LogP contribution is -2.59. The summed E-state index contributed by atoms with van der Waals surface area (Å²) in [6, 6.07) is 0.909. The zero-order chi connectivity index (χ0) is 26.4. The Morgan fingerprint density at radius 2 is 1.53 bits per heavy atom. The maximum absolute atomic E-state index is 13.3. The number of hydrogen-bond donors (Lipinski definition) is 5. The quantitative estimate of drug-likeness (QED) is 0.227. The number of likely N-dealkylation sites (N-methyl/N-ethyl adjacent to an activating group) is 1. The predicted octanol–water partition coefficient (Wildman–Crippen LogP) is 2.08. The largest absolute Gasteiger partial charge is 0.357 e. The Balaban J connectivity index is 3.45. The number of carbonyl (C=O) groups is 3. The van der Waals surface area contributed by atoms with Crippen LogP contribution in [0.5, 0.6) is 0 Å². The van der Waals surface area contributed by atoms with Gasteiger partial charge in [-0.1, -0.05) is 57.8 Å². The van der Waals surface area contributed by atoms with Gasteiger partial charge in [-0.15, -0.1) is 0 Å². The molecule has 3 amide bonds. The van der Waals surface area contributed by atoms with Crippen molar-refractivity contribution in [3.05, 3.63) is 28.2 Å². The van der Waals surface area contributed by atoms with Gasteiger partial charge in [-0.05, 0) is 36.0 Å². The number of sulfonamides is 1. The van der Waals surface area contributed by atoms with Crippen LogP contribution in [-0.2, 0) is 24.4 Å². The topological polar surface area (TPSA) is 154 Å². The third-order valence-corrected chi connectivity index (χ3v) is 6.80. The molecule has 0 aliphatic heterocycles. The van der Waals surface area contributed by atoms with Crippen molar-refractivity contribution in [1.82, 2.24) is 20.8 Å². The normalized spacial score (nSPS) is 14.8. The first-order valence-corrected chi connectivity index (χ1v) is 12.7. The van der Waals surface area contributed by atoms with Crippen molar-refractivity contribution in [3.63, 3.8) is 0 Å². The van der Waals surface area contributed by atoms with Crippen LogP contribution in [-0.4, -0.2) is 50.5 Å². The molecule has 0 aliphatic carbocycles. The Hall–Kier alpha value is -1.92. The SMILES string of the molecule is CNC(=O)[C@@H](NC(=O)[C@H](CC(C)C)[C@H](NS(=O)(=O)c1cc(Cl)cc(Cl)c1)C(=O)NO)C(C)(C)C. The summed E-state index contributed by atoms with van der Waals surface area (Å²) in [4.78, 5) is 37.9. The van der Waals surface area contributed by atoms with Gasteiger partial charge in [-0.2, -0.15) is 4.72 Å². The summed E-state index contributed by atoms with van der Waals surface area (Å²) >= 11 is 11.8. The van der Waals surface area contributed by atoms with Crippen LogP contribution in [0.3, 0.4) is 0 Å². The maximum Gasteiger partial charge on any atom is 0.262 e. The molecule has 1 rings (SSSR count). The first-order valence-electron chi connectivity index (χ1n) is 10.5. The highest BCUT2D eigenvalue weighted by Gasteiger charge is 2.40. The number of halogens is 2. The van der Waals surface area contributed by atoms with Gasteiger partial charge in [0, 0.05) is 17.1 Å². The molecule has 0 fully saturated rings. The fourth-order valence-electron chi connectivity index (χ4n) is 3.28. The van der Waals surface area contributed by atoms with Gasteiger partial charge in [0.25, 0.3) is 5.91 Å². The molecule has 192 valence electrons. The third-order valence-electron chi connectivity index (χ3n) is 4.95. The number of rotatable bonds is 10. The summed E-state index contributed by atoms with van der Waals surface area (Å²) in [7, 11) is -2.98. The van der Waals surface area contributed by atoms with Crippen LogP contribution in [0.4, 0.5) is 0 Å². The number of hydrogen-bond acceptors (Lipinski definition) is 6. The molecule has 3 atom stereocenters. The first kappa shape index (κ1) is 30.1. The molecule has 13 heteroatoms. The second kappa shape index (κ2) is 12.2. The Morgan fingerprint density at radius 3 is 1.94 bits per heavy atom. The number of nitrogens with one attached hydrogen (secondary N) is 4. The molecule has 34 heavy (non-hydrogen) atoms. The highest BCUT2D eigenvalue weighted by molar-refractivity contribution is 7.89. The van der Waals surface area contributed by atoms with Gasteiger partial charge in [0.2, 0.25) is 21.8 Å². The van der Waals surface area contributed by atoms with Crippen LogP contribution in [0.15, 0.2) is 23.1 Å². The van der Waals surface area contributed by atoms with Crippen molar-refractivity contribution in [2.24, 2.45) is 17.3 Å². The molecule has 0 bridgehead atoms. The van der Waals surface area contributed by atoms with E-state index >= 15 is 0 Å². The minimum Gasteiger partial charge on any atom is -0.357 e. The van der Waals surface area contributed by atoms with Crippen molar-refractivity contribution < 1.29 is 28.0 Å². The number of benzene rings is 1. The molecule has 5 N–H and O–H groups in total. The molecule has 0 spiro atoms. The monoisotopic (exact) mass is 538 g/mol. The Kier molecular flexibility index (Phi) is 10.8. The lowest BCUT2D eigenvalue weighted by atomic mass is 9.84. The first-order chi connectivity index (χ1) is 15.5. The predicted molar refractivity (Wildman–Crippen MR) is 129 cm³/mol. The standard InChI is InChI=1S/C21H32Cl2N4O6S/c1-11(2)7-15(18(28)25-17(20(30)24-6)21(3,4)5)16(19(29)26-31)27-34(32,33)14-9-12(22)8-13(23)10-14/h8-11,15-17,27,31H,7H2,1-6H3,(H,24,30)(H,25,28)(H,26,29)/t15-,16+,17-/m1/s1. The van der Waals surface area contributed by atoms with Crippen molar-refractivity contribution in [2.75, 3.05) is 7.05 Å². The highest BCUT2D eigenvalue weighted by Crippen LogP contribution is 2.25. The lowest BCUT2D eigenvalue weighted by molar-refractivity contribution is -0.139. The van der Waals surface area contributed by atoms with E-state index in [1.807, 2.05) is 0 Å². The van der Waals surface area contributed by atoms with Gasteiger partial charge >= 0.3 is 0 Å². The van der Waals surface area contributed by atoms with Crippen molar-refractivity contribution in [2.45, 2.75) is 58.0 Å². The Bertz CT molecular complexity index is 991. The van der Waals surface area contributed by atoms with E-state index in [9.17, 15) is 28.0 Å². The molecular formula is C21H32Cl2N4O6S. The molecule has 0 aromatic heterocycles. The van der Waals surface area contributed by atoms with Crippen LogP contribution in [0.25, 0.3) is 0 Å². The fraction of sp³-hybridized carbons (Fsp3) is 0.571. The van der Waals surface area contributed by atoms with Gasteiger partial charge < -0.3 is 10.6 Å². The third kappa shape index (κ3) is 8.38. The summed E-state index contributed by atoms with van der Waals surface area (Å²) in [6.45, 7) is 8.79. The minimum atomic E-state index is -4.40. The Morgan fingerprint density at radius 1 is 1.00 bits per heavy atom. The van der Waals surface area contributed by atoms with Gasteiger partial charge in [-0.3, -0.25) is 19.6 Å². The van der Waals surface area contributed by atoms with E-state index in [0.29, 0.717) is 0 Å². The summed E-state index contributed by atoms with van der Waals surface area (Å²) < 4.78 is 28.2.